The molecule has 1 saturated carbocycles. The number of aromatic amines is 1. The average molecular weight is 373 g/mol. The lowest BCUT2D eigenvalue weighted by Crippen LogP contribution is -2.48. The van der Waals surface area contributed by atoms with E-state index in [1.807, 2.05) is 23.2 Å². The summed E-state index contributed by atoms with van der Waals surface area (Å²) >= 11 is 0. The van der Waals surface area contributed by atoms with Gasteiger partial charge in [0.05, 0.1) is 17.7 Å². The predicted octanol–water partition coefficient (Wildman–Crippen LogP) is 2.87. The van der Waals surface area contributed by atoms with Gasteiger partial charge in [0.1, 0.15) is 5.82 Å². The molecule has 142 valence electrons. The van der Waals surface area contributed by atoms with Crippen LogP contribution in [0.25, 0.3) is 22.0 Å². The average Bonchev–Trinajstić information content (AvgIpc) is 3.04. The summed E-state index contributed by atoms with van der Waals surface area (Å²) in [6.07, 6.45) is 5.25. The van der Waals surface area contributed by atoms with Crippen molar-refractivity contribution in [2.45, 2.75) is 18.8 Å². The minimum atomic E-state index is 0.116. The third-order valence-electron chi connectivity index (χ3n) is 6.83. The van der Waals surface area contributed by atoms with Gasteiger partial charge in [-0.3, -0.25) is 4.79 Å². The SMILES string of the molecule is C[C@@H]1C[C@@]12CNc1ncc(-c3c[nH]c4c(N5CCNCC5=O)cccc34)cc12. The molecule has 1 aliphatic carbocycles. The fourth-order valence-electron chi connectivity index (χ4n) is 5.04. The summed E-state index contributed by atoms with van der Waals surface area (Å²) in [5.41, 5.74) is 5.89. The Morgan fingerprint density at radius 3 is 3.04 bits per heavy atom. The Kier molecular flexibility index (Phi) is 3.21. The molecule has 28 heavy (non-hydrogen) atoms. The number of nitrogens with zero attached hydrogens (tertiary/aromatic N) is 2. The van der Waals surface area contributed by atoms with Crippen LogP contribution in [0.15, 0.2) is 36.7 Å². The Morgan fingerprint density at radius 2 is 2.21 bits per heavy atom. The van der Waals surface area contributed by atoms with Crippen molar-refractivity contribution in [1.29, 1.82) is 0 Å². The van der Waals surface area contributed by atoms with Crippen molar-refractivity contribution >= 4 is 28.3 Å². The Bertz CT molecular complexity index is 1120. The number of piperazine rings is 1. The molecule has 2 aromatic heterocycles. The van der Waals surface area contributed by atoms with Crippen LogP contribution in [0.4, 0.5) is 11.5 Å². The highest BCUT2D eigenvalue weighted by molar-refractivity contribution is 6.07. The lowest BCUT2D eigenvalue weighted by Gasteiger charge is -2.27. The Hall–Kier alpha value is -2.86. The molecule has 4 heterocycles. The van der Waals surface area contributed by atoms with Gasteiger partial charge >= 0.3 is 0 Å². The second kappa shape index (κ2) is 5.58. The van der Waals surface area contributed by atoms with Crippen molar-refractivity contribution in [3.05, 3.63) is 42.2 Å². The quantitative estimate of drug-likeness (QED) is 0.646. The summed E-state index contributed by atoms with van der Waals surface area (Å²) in [5, 5.41) is 7.75. The number of carbonyl (C=O) groups excluding carboxylic acids is 1. The molecule has 0 bridgehead atoms. The number of H-pyrrole nitrogens is 1. The summed E-state index contributed by atoms with van der Waals surface area (Å²) in [7, 11) is 0. The van der Waals surface area contributed by atoms with Gasteiger partial charge in [-0.25, -0.2) is 4.98 Å². The van der Waals surface area contributed by atoms with E-state index >= 15 is 0 Å². The lowest BCUT2D eigenvalue weighted by atomic mass is 9.94. The zero-order chi connectivity index (χ0) is 18.9. The van der Waals surface area contributed by atoms with E-state index in [0.29, 0.717) is 19.0 Å². The number of hydrogen-bond acceptors (Lipinski definition) is 4. The number of fused-ring (bicyclic) bond motifs is 3. The number of para-hydroxylation sites is 1. The first-order valence-electron chi connectivity index (χ1n) is 10.0. The number of amides is 1. The van der Waals surface area contributed by atoms with Crippen LogP contribution in [0.1, 0.15) is 18.9 Å². The van der Waals surface area contributed by atoms with Crippen molar-refractivity contribution in [1.82, 2.24) is 15.3 Å². The number of hydrogen-bond donors (Lipinski definition) is 3. The van der Waals surface area contributed by atoms with E-state index in [0.717, 1.165) is 46.6 Å². The Morgan fingerprint density at radius 1 is 1.32 bits per heavy atom. The molecule has 3 aliphatic rings. The number of carbonyl (C=O) groups is 1. The molecule has 6 nitrogen and oxygen atoms in total. The van der Waals surface area contributed by atoms with E-state index in [4.69, 9.17) is 4.98 Å². The number of aromatic nitrogens is 2. The highest BCUT2D eigenvalue weighted by Gasteiger charge is 2.56. The maximum Gasteiger partial charge on any atom is 0.241 e. The van der Waals surface area contributed by atoms with Crippen LogP contribution < -0.4 is 15.5 Å². The molecule has 3 N–H and O–H groups in total. The van der Waals surface area contributed by atoms with Crippen LogP contribution in [0.5, 0.6) is 0 Å². The zero-order valence-corrected chi connectivity index (χ0v) is 15.9. The first-order chi connectivity index (χ1) is 13.7. The smallest absolute Gasteiger partial charge is 0.241 e. The summed E-state index contributed by atoms with van der Waals surface area (Å²) in [4.78, 5) is 22.4. The summed E-state index contributed by atoms with van der Waals surface area (Å²) in [6, 6.07) is 8.50. The van der Waals surface area contributed by atoms with E-state index in [9.17, 15) is 4.79 Å². The summed E-state index contributed by atoms with van der Waals surface area (Å²) in [5.74, 6) is 1.87. The van der Waals surface area contributed by atoms with Crippen molar-refractivity contribution < 1.29 is 4.79 Å². The maximum atomic E-state index is 12.4. The van der Waals surface area contributed by atoms with Gasteiger partial charge in [-0.05, 0) is 24.5 Å². The minimum absolute atomic E-state index is 0.116. The van der Waals surface area contributed by atoms with Crippen molar-refractivity contribution in [3.8, 4) is 11.1 Å². The van der Waals surface area contributed by atoms with Gasteiger partial charge in [0.25, 0.3) is 0 Å². The van der Waals surface area contributed by atoms with Crippen LogP contribution in [0.3, 0.4) is 0 Å². The third-order valence-corrected chi connectivity index (χ3v) is 6.83. The largest absolute Gasteiger partial charge is 0.369 e. The van der Waals surface area contributed by atoms with E-state index in [1.165, 1.54) is 12.0 Å². The van der Waals surface area contributed by atoms with Gasteiger partial charge < -0.3 is 20.5 Å². The van der Waals surface area contributed by atoms with Crippen LogP contribution in [0.2, 0.25) is 0 Å². The molecular weight excluding hydrogens is 350 g/mol. The second-order valence-corrected chi connectivity index (χ2v) is 8.36. The molecule has 2 fully saturated rings. The van der Waals surface area contributed by atoms with Gasteiger partial charge in [0.2, 0.25) is 5.91 Å². The van der Waals surface area contributed by atoms with E-state index < -0.39 is 0 Å². The third kappa shape index (κ3) is 2.12. The molecule has 0 radical (unpaired) electrons. The number of rotatable bonds is 2. The fraction of sp³-hybridized carbons (Fsp3) is 0.364. The summed E-state index contributed by atoms with van der Waals surface area (Å²) < 4.78 is 0. The molecule has 6 rings (SSSR count). The van der Waals surface area contributed by atoms with Gasteiger partial charge in [-0.1, -0.05) is 19.1 Å². The lowest BCUT2D eigenvalue weighted by molar-refractivity contribution is -0.118. The van der Waals surface area contributed by atoms with Gasteiger partial charge in [0, 0.05) is 59.5 Å². The monoisotopic (exact) mass is 373 g/mol. The zero-order valence-electron chi connectivity index (χ0n) is 15.9. The highest BCUT2D eigenvalue weighted by Crippen LogP contribution is 2.59. The maximum absolute atomic E-state index is 12.4. The molecule has 1 spiro atoms. The Balaban J connectivity index is 1.46. The first-order valence-corrected chi connectivity index (χ1v) is 10.0. The van der Waals surface area contributed by atoms with Crippen molar-refractivity contribution in [2.24, 2.45) is 5.92 Å². The van der Waals surface area contributed by atoms with Gasteiger partial charge in [-0.2, -0.15) is 0 Å². The fourth-order valence-corrected chi connectivity index (χ4v) is 5.04. The Labute approximate surface area is 163 Å². The van der Waals surface area contributed by atoms with Crippen molar-refractivity contribution in [2.75, 3.05) is 36.4 Å². The number of nitrogens with one attached hydrogen (secondary N) is 3. The normalized spacial score (nSPS) is 26.0. The van der Waals surface area contributed by atoms with Crippen LogP contribution >= 0.6 is 0 Å². The van der Waals surface area contributed by atoms with Gasteiger partial charge in [-0.15, -0.1) is 0 Å². The van der Waals surface area contributed by atoms with Crippen LogP contribution in [-0.4, -0.2) is 42.1 Å². The van der Waals surface area contributed by atoms with Crippen LogP contribution in [0, 0.1) is 5.92 Å². The predicted molar refractivity (Wildman–Crippen MR) is 111 cm³/mol. The van der Waals surface area contributed by atoms with E-state index in [-0.39, 0.29) is 11.3 Å². The molecule has 6 heteroatoms. The number of benzene rings is 1. The molecule has 0 unspecified atom stereocenters. The molecular formula is C22H23N5O. The molecule has 2 aliphatic heterocycles. The number of anilines is 2. The topological polar surface area (TPSA) is 73.1 Å². The van der Waals surface area contributed by atoms with Crippen molar-refractivity contribution in [3.63, 3.8) is 0 Å². The second-order valence-electron chi connectivity index (χ2n) is 8.36. The van der Waals surface area contributed by atoms with Gasteiger partial charge in [0.15, 0.2) is 0 Å². The highest BCUT2D eigenvalue weighted by atomic mass is 16.2. The summed E-state index contributed by atoms with van der Waals surface area (Å²) in [6.45, 7) is 5.23. The molecule has 1 saturated heterocycles. The molecule has 3 aromatic rings. The molecule has 1 aromatic carbocycles. The minimum Gasteiger partial charge on any atom is -0.369 e. The number of pyridine rings is 1. The standard InChI is InChI=1S/C22H23N5O/c1-13-8-22(13)12-26-21-17(22)7-14(9-25-21)16-10-24-20-15(16)3-2-4-18(20)27-6-5-23-11-19(27)28/h2-4,7,9-10,13,23-24H,5-6,8,11-12H2,1H3,(H,25,26)/t13-,22-/m1/s1. The molecule has 1 amide bonds. The van der Waals surface area contributed by atoms with E-state index in [2.05, 4.69) is 40.9 Å². The van der Waals surface area contributed by atoms with E-state index in [1.54, 1.807) is 0 Å². The van der Waals surface area contributed by atoms with Crippen LogP contribution in [-0.2, 0) is 10.2 Å². The first kappa shape index (κ1) is 16.1. The molecule has 2 atom stereocenters.